The monoisotopic (exact) mass is 586 g/mol. The molecule has 41 heavy (non-hydrogen) atoms. The van der Waals surface area contributed by atoms with Crippen LogP contribution in [0.15, 0.2) is 46.2 Å². The van der Waals surface area contributed by atoms with E-state index in [-0.39, 0.29) is 21.3 Å². The summed E-state index contributed by atoms with van der Waals surface area (Å²) in [7, 11) is -4.05. The Hall–Kier alpha value is -2.01. The quantitative estimate of drug-likeness (QED) is 0.120. The highest BCUT2D eigenvalue weighted by molar-refractivity contribution is 7.91. The third kappa shape index (κ3) is 13.7. The van der Waals surface area contributed by atoms with Crippen molar-refractivity contribution in [3.8, 4) is 11.5 Å². The second-order valence-electron chi connectivity index (χ2n) is 12.0. The van der Waals surface area contributed by atoms with Crippen LogP contribution >= 0.6 is 0 Å². The van der Waals surface area contributed by atoms with Crippen LogP contribution in [0.4, 0.5) is 0 Å². The summed E-state index contributed by atoms with van der Waals surface area (Å²) in [5.74, 6) is -0.535. The third-order valence-corrected chi connectivity index (χ3v) is 10.1. The molecule has 2 N–H and O–H groups in total. The Morgan fingerprint density at radius 1 is 0.463 bits per heavy atom. The van der Waals surface area contributed by atoms with Gasteiger partial charge in [-0.15, -0.1) is 0 Å². The largest absolute Gasteiger partial charge is 0.507 e. The van der Waals surface area contributed by atoms with Crippen LogP contribution < -0.4 is 0 Å². The lowest BCUT2D eigenvalue weighted by Gasteiger charge is -2.12. The van der Waals surface area contributed by atoms with Gasteiger partial charge in [-0.05, 0) is 61.1 Å². The van der Waals surface area contributed by atoms with E-state index in [1.165, 1.54) is 115 Å². The maximum absolute atomic E-state index is 13.5. The van der Waals surface area contributed by atoms with Crippen LogP contribution in [0.25, 0.3) is 0 Å². The molecule has 0 amide bonds. The number of benzene rings is 2. The van der Waals surface area contributed by atoms with E-state index in [2.05, 4.69) is 13.8 Å². The Morgan fingerprint density at radius 3 is 1.07 bits per heavy atom. The standard InChI is InChI=1S/C36H58O4S/c1-3-5-7-9-11-13-15-17-19-21-23-31-25-27-33(37)35(29-31)41(39,40)36-30-32(26-28-34(36)38)24-22-20-18-16-14-12-10-8-6-4-2/h25-30,37-38H,3-24H2,1-2H3. The van der Waals surface area contributed by atoms with Gasteiger partial charge in [-0.3, -0.25) is 0 Å². The summed E-state index contributed by atoms with van der Waals surface area (Å²) < 4.78 is 27.1. The maximum atomic E-state index is 13.5. The van der Waals surface area contributed by atoms with Gasteiger partial charge in [0.05, 0.1) is 0 Å². The first-order valence-corrected chi connectivity index (χ1v) is 18.3. The number of hydrogen-bond donors (Lipinski definition) is 2. The lowest BCUT2D eigenvalue weighted by molar-refractivity contribution is 0.452. The number of aromatic hydroxyl groups is 2. The van der Waals surface area contributed by atoms with Crippen LogP contribution in [0.5, 0.6) is 11.5 Å². The van der Waals surface area contributed by atoms with E-state index < -0.39 is 9.84 Å². The smallest absolute Gasteiger partial charge is 0.213 e. The summed E-state index contributed by atoms with van der Waals surface area (Å²) in [6.45, 7) is 4.49. The number of rotatable bonds is 24. The molecule has 2 aromatic carbocycles. The zero-order valence-corrected chi connectivity index (χ0v) is 27.0. The van der Waals surface area contributed by atoms with Gasteiger partial charge < -0.3 is 10.2 Å². The van der Waals surface area contributed by atoms with Crippen molar-refractivity contribution in [2.24, 2.45) is 0 Å². The summed E-state index contributed by atoms with van der Waals surface area (Å²) in [5, 5.41) is 21.0. The molecule has 0 aliphatic carbocycles. The number of phenolic OH excluding ortho intramolecular Hbond substituents is 2. The van der Waals surface area contributed by atoms with Gasteiger partial charge in [-0.1, -0.05) is 142 Å². The van der Waals surface area contributed by atoms with Gasteiger partial charge in [0.1, 0.15) is 21.3 Å². The SMILES string of the molecule is CCCCCCCCCCCCc1ccc(O)c(S(=O)(=O)c2cc(CCCCCCCCCCCC)ccc2O)c1. The molecule has 232 valence electrons. The Balaban J connectivity index is 1.84. The van der Waals surface area contributed by atoms with E-state index in [9.17, 15) is 18.6 Å². The van der Waals surface area contributed by atoms with Crippen molar-refractivity contribution in [3.63, 3.8) is 0 Å². The van der Waals surface area contributed by atoms with Crippen LogP contribution in [0.3, 0.4) is 0 Å². The van der Waals surface area contributed by atoms with Crippen molar-refractivity contribution in [2.45, 2.75) is 165 Å². The summed E-state index contributed by atoms with van der Waals surface area (Å²) in [6, 6.07) is 9.75. The van der Waals surface area contributed by atoms with Gasteiger partial charge in [-0.25, -0.2) is 8.42 Å². The molecule has 0 aliphatic heterocycles. The molecule has 0 unspecified atom stereocenters. The molecule has 0 spiro atoms. The molecule has 0 saturated heterocycles. The zero-order chi connectivity index (χ0) is 29.8. The molecule has 0 heterocycles. The normalized spacial score (nSPS) is 11.8. The molecule has 0 aromatic heterocycles. The molecule has 2 aromatic rings. The molecular formula is C36H58O4S. The predicted molar refractivity (Wildman–Crippen MR) is 173 cm³/mol. The maximum Gasteiger partial charge on any atom is 0.213 e. The van der Waals surface area contributed by atoms with E-state index >= 15 is 0 Å². The Labute approximate surface area is 251 Å². The highest BCUT2D eigenvalue weighted by Crippen LogP contribution is 2.35. The number of sulfone groups is 1. The van der Waals surface area contributed by atoms with Crippen molar-refractivity contribution in [2.75, 3.05) is 0 Å². The number of unbranched alkanes of at least 4 members (excludes halogenated alkanes) is 18. The van der Waals surface area contributed by atoms with Crippen molar-refractivity contribution < 1.29 is 18.6 Å². The molecule has 0 radical (unpaired) electrons. The fourth-order valence-electron chi connectivity index (χ4n) is 5.61. The minimum atomic E-state index is -4.05. The number of phenols is 2. The summed E-state index contributed by atoms with van der Waals surface area (Å²) in [5.41, 5.74) is 1.81. The lowest BCUT2D eigenvalue weighted by Crippen LogP contribution is -2.05. The topological polar surface area (TPSA) is 74.6 Å². The van der Waals surface area contributed by atoms with Gasteiger partial charge in [-0.2, -0.15) is 0 Å². The first-order valence-electron chi connectivity index (χ1n) is 16.8. The van der Waals surface area contributed by atoms with E-state index in [1.807, 2.05) is 12.1 Å². The molecule has 0 atom stereocenters. The molecule has 0 fully saturated rings. The Kier molecular flexibility index (Phi) is 17.9. The molecule has 0 aliphatic rings. The first kappa shape index (κ1) is 35.2. The van der Waals surface area contributed by atoms with Gasteiger partial charge in [0, 0.05) is 0 Å². The third-order valence-electron chi connectivity index (χ3n) is 8.27. The lowest BCUT2D eigenvalue weighted by atomic mass is 10.0. The predicted octanol–water partition coefficient (Wildman–Crippen LogP) is 10.9. The number of hydrogen-bond acceptors (Lipinski definition) is 4. The van der Waals surface area contributed by atoms with E-state index in [1.54, 1.807) is 12.1 Å². The average molecular weight is 587 g/mol. The van der Waals surface area contributed by atoms with Crippen molar-refractivity contribution >= 4 is 9.84 Å². The molecular weight excluding hydrogens is 528 g/mol. The minimum absolute atomic E-state index is 0.117. The van der Waals surface area contributed by atoms with Gasteiger partial charge in [0.15, 0.2) is 0 Å². The van der Waals surface area contributed by atoms with Crippen molar-refractivity contribution in [3.05, 3.63) is 47.5 Å². The molecule has 0 saturated carbocycles. The van der Waals surface area contributed by atoms with Crippen LogP contribution in [-0.2, 0) is 22.7 Å². The fourth-order valence-corrected chi connectivity index (χ4v) is 7.15. The van der Waals surface area contributed by atoms with E-state index in [0.29, 0.717) is 0 Å². The fraction of sp³-hybridized carbons (Fsp3) is 0.667. The Morgan fingerprint density at radius 2 is 0.756 bits per heavy atom. The van der Waals surface area contributed by atoms with Crippen molar-refractivity contribution in [1.82, 2.24) is 0 Å². The minimum Gasteiger partial charge on any atom is -0.507 e. The molecule has 4 nitrogen and oxygen atoms in total. The van der Waals surface area contributed by atoms with Crippen LogP contribution in [-0.4, -0.2) is 18.6 Å². The Bertz CT molecular complexity index is 997. The zero-order valence-electron chi connectivity index (χ0n) is 26.1. The highest BCUT2D eigenvalue weighted by atomic mass is 32.2. The molecule has 2 rings (SSSR count). The van der Waals surface area contributed by atoms with Crippen LogP contribution in [0.2, 0.25) is 0 Å². The van der Waals surface area contributed by atoms with Crippen molar-refractivity contribution in [1.29, 1.82) is 0 Å². The van der Waals surface area contributed by atoms with Gasteiger partial charge >= 0.3 is 0 Å². The molecule has 0 bridgehead atoms. The van der Waals surface area contributed by atoms with E-state index in [4.69, 9.17) is 0 Å². The van der Waals surface area contributed by atoms with Crippen LogP contribution in [0.1, 0.15) is 153 Å². The van der Waals surface area contributed by atoms with Gasteiger partial charge in [0.25, 0.3) is 0 Å². The molecule has 5 heteroatoms. The second kappa shape index (κ2) is 20.8. The first-order chi connectivity index (χ1) is 19.9. The summed E-state index contributed by atoms with van der Waals surface area (Å²) in [6.07, 6.45) is 26.6. The van der Waals surface area contributed by atoms with Gasteiger partial charge in [0.2, 0.25) is 9.84 Å². The summed E-state index contributed by atoms with van der Waals surface area (Å²) in [4.78, 5) is -0.234. The summed E-state index contributed by atoms with van der Waals surface area (Å²) >= 11 is 0. The number of aryl methyl sites for hydroxylation is 2. The van der Waals surface area contributed by atoms with Crippen LogP contribution in [0, 0.1) is 0 Å². The average Bonchev–Trinajstić information content (AvgIpc) is 2.96. The highest BCUT2D eigenvalue weighted by Gasteiger charge is 2.25. The second-order valence-corrected chi connectivity index (χ2v) is 13.9. The van der Waals surface area contributed by atoms with E-state index in [0.717, 1.165) is 49.7 Å².